The van der Waals surface area contributed by atoms with Gasteiger partial charge < -0.3 is 10.6 Å². The summed E-state index contributed by atoms with van der Waals surface area (Å²) < 4.78 is 0. The Labute approximate surface area is 116 Å². The molecule has 7 heteroatoms. The van der Waals surface area contributed by atoms with E-state index in [-0.39, 0.29) is 10.6 Å². The van der Waals surface area contributed by atoms with Crippen molar-refractivity contribution in [2.24, 2.45) is 0 Å². The lowest BCUT2D eigenvalue weighted by Gasteiger charge is -2.23. The Morgan fingerprint density at radius 1 is 1.53 bits per heavy atom. The number of nitrogens with one attached hydrogen (secondary N) is 2. The van der Waals surface area contributed by atoms with Crippen LogP contribution >= 0.6 is 11.8 Å². The van der Waals surface area contributed by atoms with Crippen LogP contribution in [-0.2, 0) is 0 Å². The van der Waals surface area contributed by atoms with Crippen LogP contribution < -0.4 is 10.6 Å². The van der Waals surface area contributed by atoms with Gasteiger partial charge in [-0.25, -0.2) is 4.98 Å². The van der Waals surface area contributed by atoms with Gasteiger partial charge in [0.15, 0.2) is 0 Å². The number of thioether (sulfide) groups is 1. The third-order valence-electron chi connectivity index (χ3n) is 2.89. The van der Waals surface area contributed by atoms with Crippen molar-refractivity contribution in [1.29, 1.82) is 0 Å². The van der Waals surface area contributed by atoms with Crippen molar-refractivity contribution in [3.05, 3.63) is 22.2 Å². The molecule has 0 bridgehead atoms. The molecule has 0 amide bonds. The molecule has 1 unspecified atom stereocenters. The first-order chi connectivity index (χ1) is 9.19. The number of aromatic nitrogens is 1. The zero-order chi connectivity index (χ0) is 13.7. The maximum absolute atomic E-state index is 10.9. The van der Waals surface area contributed by atoms with Gasteiger partial charge in [-0.1, -0.05) is 0 Å². The van der Waals surface area contributed by atoms with Gasteiger partial charge in [0.25, 0.3) is 5.69 Å². The third kappa shape index (κ3) is 3.99. The van der Waals surface area contributed by atoms with Crippen LogP contribution in [0.1, 0.15) is 19.8 Å². The largest absolute Gasteiger partial charge is 0.370 e. The molecule has 2 N–H and O–H groups in total. The Hall–Kier alpha value is -1.50. The number of hydrogen-bond donors (Lipinski definition) is 2. The molecule has 104 valence electrons. The quantitative estimate of drug-likeness (QED) is 0.638. The van der Waals surface area contributed by atoms with Crippen LogP contribution in [0, 0.1) is 10.1 Å². The topological polar surface area (TPSA) is 80.1 Å². The molecule has 0 saturated carbocycles. The standard InChI is InChI=1S/C12H18N4O2S/c1-2-13-11-6-10(16(17)18)7-12(15-11)14-9-4-3-5-19-8-9/h6-7,9H,2-5,8H2,1H3,(H2,13,14,15). The summed E-state index contributed by atoms with van der Waals surface area (Å²) >= 11 is 1.91. The second-order valence-electron chi connectivity index (χ2n) is 4.44. The number of nitrogens with zero attached hydrogens (tertiary/aromatic N) is 2. The fourth-order valence-corrected chi connectivity index (χ4v) is 3.10. The van der Waals surface area contributed by atoms with Crippen LogP contribution in [0.4, 0.5) is 17.3 Å². The average molecular weight is 282 g/mol. The van der Waals surface area contributed by atoms with E-state index in [2.05, 4.69) is 15.6 Å². The van der Waals surface area contributed by atoms with E-state index in [1.165, 1.54) is 24.3 Å². The molecule has 6 nitrogen and oxygen atoms in total. The molecule has 1 fully saturated rings. The Bertz CT molecular complexity index is 449. The third-order valence-corrected chi connectivity index (χ3v) is 4.11. The monoisotopic (exact) mass is 282 g/mol. The minimum atomic E-state index is -0.386. The molecule has 2 heterocycles. The number of pyridine rings is 1. The van der Waals surface area contributed by atoms with E-state index < -0.39 is 0 Å². The molecule has 2 rings (SSSR count). The molecule has 0 aliphatic carbocycles. The molecular formula is C12H18N4O2S. The van der Waals surface area contributed by atoms with Crippen LogP contribution in [0.2, 0.25) is 0 Å². The van der Waals surface area contributed by atoms with E-state index in [9.17, 15) is 10.1 Å². The lowest BCUT2D eigenvalue weighted by Crippen LogP contribution is -2.26. The molecule has 1 atom stereocenters. The number of anilines is 2. The maximum atomic E-state index is 10.9. The summed E-state index contributed by atoms with van der Waals surface area (Å²) in [5, 5.41) is 17.2. The first-order valence-electron chi connectivity index (χ1n) is 6.43. The molecule has 0 spiro atoms. The minimum absolute atomic E-state index is 0.0666. The van der Waals surface area contributed by atoms with Crippen LogP contribution in [-0.4, -0.2) is 34.0 Å². The van der Waals surface area contributed by atoms with Crippen molar-refractivity contribution in [2.45, 2.75) is 25.8 Å². The van der Waals surface area contributed by atoms with Gasteiger partial charge in [0.05, 0.1) is 17.1 Å². The van der Waals surface area contributed by atoms with E-state index in [1.54, 1.807) is 0 Å². The summed E-state index contributed by atoms with van der Waals surface area (Å²) in [5.41, 5.74) is 0.0666. The number of rotatable bonds is 5. The highest BCUT2D eigenvalue weighted by molar-refractivity contribution is 7.99. The van der Waals surface area contributed by atoms with E-state index in [0.717, 1.165) is 12.2 Å². The summed E-state index contributed by atoms with van der Waals surface area (Å²) in [5.74, 6) is 3.35. The fraction of sp³-hybridized carbons (Fsp3) is 0.583. The van der Waals surface area contributed by atoms with E-state index >= 15 is 0 Å². The summed E-state index contributed by atoms with van der Waals surface area (Å²) in [7, 11) is 0. The smallest absolute Gasteiger partial charge is 0.276 e. The zero-order valence-electron chi connectivity index (χ0n) is 10.9. The fourth-order valence-electron chi connectivity index (χ4n) is 2.03. The van der Waals surface area contributed by atoms with Crippen molar-refractivity contribution < 1.29 is 4.92 Å². The number of nitro groups is 1. The molecule has 1 saturated heterocycles. The predicted octanol–water partition coefficient (Wildman–Crippen LogP) is 2.73. The van der Waals surface area contributed by atoms with Crippen LogP contribution in [0.3, 0.4) is 0 Å². The van der Waals surface area contributed by atoms with Gasteiger partial charge in [-0.05, 0) is 25.5 Å². The Morgan fingerprint density at radius 3 is 2.95 bits per heavy atom. The maximum Gasteiger partial charge on any atom is 0.276 e. The van der Waals surface area contributed by atoms with Gasteiger partial charge >= 0.3 is 0 Å². The van der Waals surface area contributed by atoms with Crippen molar-refractivity contribution >= 4 is 29.1 Å². The van der Waals surface area contributed by atoms with Crippen LogP contribution in [0.25, 0.3) is 0 Å². The minimum Gasteiger partial charge on any atom is -0.370 e. The average Bonchev–Trinajstić information content (AvgIpc) is 2.40. The van der Waals surface area contributed by atoms with Crippen molar-refractivity contribution in [3.8, 4) is 0 Å². The highest BCUT2D eigenvalue weighted by Crippen LogP contribution is 2.24. The lowest BCUT2D eigenvalue weighted by atomic mass is 10.2. The molecule has 1 aromatic rings. The van der Waals surface area contributed by atoms with Crippen LogP contribution in [0.15, 0.2) is 12.1 Å². The molecule has 1 aliphatic heterocycles. The van der Waals surface area contributed by atoms with Gasteiger partial charge in [0.2, 0.25) is 0 Å². The SMILES string of the molecule is CCNc1cc([N+](=O)[O-])cc(NC2CCCSC2)n1. The highest BCUT2D eigenvalue weighted by Gasteiger charge is 2.16. The van der Waals surface area contributed by atoms with E-state index in [0.29, 0.717) is 24.2 Å². The molecular weight excluding hydrogens is 264 g/mol. The van der Waals surface area contributed by atoms with Crippen molar-refractivity contribution in [3.63, 3.8) is 0 Å². The Morgan fingerprint density at radius 2 is 2.32 bits per heavy atom. The predicted molar refractivity (Wildman–Crippen MR) is 79.0 cm³/mol. The van der Waals surface area contributed by atoms with Gasteiger partial charge in [-0.3, -0.25) is 10.1 Å². The molecule has 1 aromatic heterocycles. The Kier molecular flexibility index (Phi) is 4.84. The molecule has 1 aliphatic rings. The van der Waals surface area contributed by atoms with E-state index in [4.69, 9.17) is 0 Å². The molecule has 0 aromatic carbocycles. The Balaban J connectivity index is 2.15. The summed E-state index contributed by atoms with van der Waals surface area (Å²) in [6, 6.07) is 3.31. The lowest BCUT2D eigenvalue weighted by molar-refractivity contribution is -0.384. The van der Waals surface area contributed by atoms with Crippen LogP contribution in [0.5, 0.6) is 0 Å². The second-order valence-corrected chi connectivity index (χ2v) is 5.59. The van der Waals surface area contributed by atoms with Gasteiger partial charge in [-0.15, -0.1) is 0 Å². The van der Waals surface area contributed by atoms with E-state index in [1.807, 2.05) is 18.7 Å². The number of hydrogen-bond acceptors (Lipinski definition) is 6. The first-order valence-corrected chi connectivity index (χ1v) is 7.59. The van der Waals surface area contributed by atoms with Crippen molar-refractivity contribution in [2.75, 3.05) is 28.7 Å². The molecule has 0 radical (unpaired) electrons. The van der Waals surface area contributed by atoms with Crippen molar-refractivity contribution in [1.82, 2.24) is 4.98 Å². The highest BCUT2D eigenvalue weighted by atomic mass is 32.2. The zero-order valence-corrected chi connectivity index (χ0v) is 11.7. The normalized spacial score (nSPS) is 18.9. The molecule has 19 heavy (non-hydrogen) atoms. The van der Waals surface area contributed by atoms with Gasteiger partial charge in [-0.2, -0.15) is 11.8 Å². The summed E-state index contributed by atoms with van der Waals surface area (Å²) in [6.45, 7) is 2.62. The first kappa shape index (κ1) is 13.9. The second kappa shape index (κ2) is 6.60. The van der Waals surface area contributed by atoms with Gasteiger partial charge in [0, 0.05) is 18.3 Å². The summed E-state index contributed by atoms with van der Waals surface area (Å²) in [4.78, 5) is 14.9. The summed E-state index contributed by atoms with van der Waals surface area (Å²) in [6.07, 6.45) is 2.27. The van der Waals surface area contributed by atoms with Gasteiger partial charge in [0.1, 0.15) is 11.6 Å².